The number of fused-ring (bicyclic) bond motifs is 1. The monoisotopic (exact) mass is 343 g/mol. The van der Waals surface area contributed by atoms with Gasteiger partial charge in [0.25, 0.3) is 5.69 Å². The quantitative estimate of drug-likeness (QED) is 0.521. The zero-order valence-electron chi connectivity index (χ0n) is 14.1. The zero-order chi connectivity index (χ0) is 17.9. The lowest BCUT2D eigenvalue weighted by Crippen LogP contribution is -2.09. The Morgan fingerprint density at radius 3 is 2.54 bits per heavy atom. The number of para-hydroxylation sites is 1. The molecule has 1 aliphatic heterocycles. The van der Waals surface area contributed by atoms with Crippen molar-refractivity contribution in [1.29, 1.82) is 0 Å². The first-order valence-corrected chi connectivity index (χ1v) is 8.56. The van der Waals surface area contributed by atoms with Crippen molar-refractivity contribution in [2.75, 3.05) is 6.54 Å². The smallest absolute Gasteiger partial charge is 0.278 e. The number of rotatable bonds is 3. The Morgan fingerprint density at radius 1 is 0.923 bits per heavy atom. The van der Waals surface area contributed by atoms with Gasteiger partial charge < -0.3 is 0 Å². The molecule has 1 aliphatic rings. The van der Waals surface area contributed by atoms with Crippen LogP contribution in [0.4, 0.5) is 5.69 Å². The van der Waals surface area contributed by atoms with E-state index in [1.807, 2.05) is 18.2 Å². The Hall–Kier alpha value is -3.34. The second kappa shape index (κ2) is 6.88. The minimum atomic E-state index is -0.338. The zero-order valence-corrected chi connectivity index (χ0v) is 14.1. The summed E-state index contributed by atoms with van der Waals surface area (Å²) in [5.41, 5.74) is 5.65. The molecule has 1 aromatic heterocycles. The summed E-state index contributed by atoms with van der Waals surface area (Å²) >= 11 is 0. The molecule has 0 unspecified atom stereocenters. The molecule has 0 saturated heterocycles. The second-order valence-corrected chi connectivity index (χ2v) is 6.22. The Balaban J connectivity index is 1.90. The van der Waals surface area contributed by atoms with Gasteiger partial charge in [0.15, 0.2) is 0 Å². The number of nitro benzene ring substituents is 1. The Kier molecular flexibility index (Phi) is 4.27. The van der Waals surface area contributed by atoms with Crippen molar-refractivity contribution in [3.05, 3.63) is 93.8 Å². The molecule has 0 radical (unpaired) electrons. The molecule has 0 bridgehead atoms. The molecule has 128 valence electrons. The van der Waals surface area contributed by atoms with Crippen LogP contribution in [0, 0.1) is 10.1 Å². The highest BCUT2D eigenvalue weighted by atomic mass is 16.6. The van der Waals surface area contributed by atoms with Gasteiger partial charge in [0.2, 0.25) is 0 Å². The molecule has 0 fully saturated rings. The first-order valence-electron chi connectivity index (χ1n) is 8.56. The van der Waals surface area contributed by atoms with Crippen molar-refractivity contribution < 1.29 is 4.92 Å². The number of aryl methyl sites for hydroxylation is 1. The van der Waals surface area contributed by atoms with Gasteiger partial charge >= 0.3 is 0 Å². The molecule has 0 spiro atoms. The van der Waals surface area contributed by atoms with Gasteiger partial charge in [-0.25, -0.2) is 0 Å². The molecule has 4 rings (SSSR count). The number of hydrogen-bond acceptors (Lipinski definition) is 4. The lowest BCUT2D eigenvalue weighted by molar-refractivity contribution is -0.385. The fourth-order valence-electron chi connectivity index (χ4n) is 3.35. The summed E-state index contributed by atoms with van der Waals surface area (Å²) < 4.78 is 0. The number of nitrogens with zero attached hydrogens (tertiary/aromatic N) is 3. The Labute approximate surface area is 151 Å². The summed E-state index contributed by atoms with van der Waals surface area (Å²) in [5, 5.41) is 11.5. The van der Waals surface area contributed by atoms with Crippen molar-refractivity contribution in [3.8, 4) is 11.1 Å². The lowest BCUT2D eigenvalue weighted by atomic mass is 9.92. The summed E-state index contributed by atoms with van der Waals surface area (Å²) in [6.45, 7) is 0.667. The third-order valence-corrected chi connectivity index (χ3v) is 4.61. The molecule has 0 aliphatic carbocycles. The van der Waals surface area contributed by atoms with Crippen LogP contribution in [-0.2, 0) is 6.42 Å². The number of aromatic nitrogens is 1. The van der Waals surface area contributed by atoms with Crippen LogP contribution in [0.1, 0.15) is 23.1 Å². The van der Waals surface area contributed by atoms with Crippen LogP contribution in [0.5, 0.6) is 0 Å². The number of nitro groups is 1. The van der Waals surface area contributed by atoms with E-state index in [1.54, 1.807) is 24.5 Å². The highest BCUT2D eigenvalue weighted by Crippen LogP contribution is 2.29. The molecule has 3 aromatic rings. The molecule has 2 aromatic carbocycles. The van der Waals surface area contributed by atoms with Crippen LogP contribution in [-0.4, -0.2) is 22.2 Å². The van der Waals surface area contributed by atoms with Gasteiger partial charge in [-0.3, -0.25) is 20.1 Å². The summed E-state index contributed by atoms with van der Waals surface area (Å²) in [7, 11) is 0. The lowest BCUT2D eigenvalue weighted by Gasteiger charge is -2.12. The fourth-order valence-corrected chi connectivity index (χ4v) is 3.35. The van der Waals surface area contributed by atoms with Crippen LogP contribution < -0.4 is 0 Å². The molecular formula is C21H17N3O2. The van der Waals surface area contributed by atoms with Gasteiger partial charge in [-0.05, 0) is 53.8 Å². The largest absolute Gasteiger partial charge is 0.284 e. The molecule has 26 heavy (non-hydrogen) atoms. The average molecular weight is 343 g/mol. The van der Waals surface area contributed by atoms with Crippen LogP contribution in [0.3, 0.4) is 0 Å². The maximum atomic E-state index is 11.5. The van der Waals surface area contributed by atoms with E-state index in [0.717, 1.165) is 29.5 Å². The van der Waals surface area contributed by atoms with Gasteiger partial charge in [-0.2, -0.15) is 0 Å². The predicted molar refractivity (Wildman–Crippen MR) is 102 cm³/mol. The minimum absolute atomic E-state index is 0.0911. The maximum Gasteiger partial charge on any atom is 0.278 e. The Bertz CT molecular complexity index is 997. The van der Waals surface area contributed by atoms with E-state index in [-0.39, 0.29) is 10.6 Å². The van der Waals surface area contributed by atoms with Crippen molar-refractivity contribution in [2.45, 2.75) is 12.8 Å². The molecule has 0 saturated carbocycles. The van der Waals surface area contributed by atoms with E-state index in [1.165, 1.54) is 11.6 Å². The van der Waals surface area contributed by atoms with Gasteiger partial charge in [-0.1, -0.05) is 24.3 Å². The molecule has 0 amide bonds. The first kappa shape index (κ1) is 16.1. The summed E-state index contributed by atoms with van der Waals surface area (Å²) in [5.74, 6) is 0. The van der Waals surface area contributed by atoms with Crippen molar-refractivity contribution in [3.63, 3.8) is 0 Å². The van der Waals surface area contributed by atoms with Gasteiger partial charge in [0, 0.05) is 30.6 Å². The standard InChI is InChI=1S/C21H17N3O2/c25-24(26)20-6-2-1-5-18(20)21-19-14-17(15-9-12-22-13-10-15)8-7-16(19)4-3-11-23-21/h1-2,5-10,12-14H,3-4,11H2. The topological polar surface area (TPSA) is 68.4 Å². The van der Waals surface area contributed by atoms with Crippen molar-refractivity contribution in [2.24, 2.45) is 4.99 Å². The van der Waals surface area contributed by atoms with Crippen molar-refractivity contribution >= 4 is 11.4 Å². The van der Waals surface area contributed by atoms with Gasteiger partial charge in [0.1, 0.15) is 0 Å². The third-order valence-electron chi connectivity index (χ3n) is 4.61. The van der Waals surface area contributed by atoms with Gasteiger partial charge in [0.05, 0.1) is 16.2 Å². The van der Waals surface area contributed by atoms with Crippen LogP contribution in [0.25, 0.3) is 11.1 Å². The first-order chi connectivity index (χ1) is 12.7. The predicted octanol–water partition coefficient (Wildman–Crippen LogP) is 4.44. The molecule has 5 heteroatoms. The molecule has 2 heterocycles. The van der Waals surface area contributed by atoms with Crippen molar-refractivity contribution in [1.82, 2.24) is 4.98 Å². The SMILES string of the molecule is O=[N+]([O-])c1ccccc1C1=NCCCc2ccc(-c3ccncc3)cc21. The minimum Gasteiger partial charge on any atom is -0.284 e. The van der Waals surface area contributed by atoms with Gasteiger partial charge in [-0.15, -0.1) is 0 Å². The summed E-state index contributed by atoms with van der Waals surface area (Å²) in [6, 6.07) is 17.0. The van der Waals surface area contributed by atoms with Crippen LogP contribution >= 0.6 is 0 Å². The number of hydrogen-bond donors (Lipinski definition) is 0. The number of aliphatic imine (C=N–C) groups is 1. The van der Waals surface area contributed by atoms with E-state index in [2.05, 4.69) is 23.2 Å². The van der Waals surface area contributed by atoms with E-state index >= 15 is 0 Å². The highest BCUT2D eigenvalue weighted by molar-refractivity contribution is 6.16. The van der Waals surface area contributed by atoms with E-state index in [0.29, 0.717) is 17.8 Å². The normalized spacial score (nSPS) is 13.5. The fraction of sp³-hybridized carbons (Fsp3) is 0.143. The highest BCUT2D eigenvalue weighted by Gasteiger charge is 2.22. The summed E-state index contributed by atoms with van der Waals surface area (Å²) in [6.07, 6.45) is 5.38. The maximum absolute atomic E-state index is 11.5. The van der Waals surface area contributed by atoms with E-state index in [4.69, 9.17) is 4.99 Å². The molecule has 0 atom stereocenters. The number of pyridine rings is 1. The summed E-state index contributed by atoms with van der Waals surface area (Å²) in [4.78, 5) is 19.9. The van der Waals surface area contributed by atoms with E-state index in [9.17, 15) is 10.1 Å². The number of benzene rings is 2. The van der Waals surface area contributed by atoms with Crippen LogP contribution in [0.2, 0.25) is 0 Å². The van der Waals surface area contributed by atoms with Crippen LogP contribution in [0.15, 0.2) is 72.0 Å². The molecule has 5 nitrogen and oxygen atoms in total. The molecular weight excluding hydrogens is 326 g/mol. The molecule has 0 N–H and O–H groups in total. The average Bonchev–Trinajstić information content (AvgIpc) is 2.90. The third kappa shape index (κ3) is 2.99. The Morgan fingerprint density at radius 2 is 1.73 bits per heavy atom. The second-order valence-electron chi connectivity index (χ2n) is 6.22. The van der Waals surface area contributed by atoms with E-state index < -0.39 is 0 Å².